The van der Waals surface area contributed by atoms with Crippen LogP contribution >= 0.6 is 0 Å². The molecule has 0 amide bonds. The monoisotopic (exact) mass is 209 g/mol. The summed E-state index contributed by atoms with van der Waals surface area (Å²) in [7, 11) is 1.36. The highest BCUT2D eigenvalue weighted by molar-refractivity contribution is 5.75. The number of carbonyl (C=O) groups excluding carboxylic acids is 1. The van der Waals surface area contributed by atoms with Gasteiger partial charge in [0.05, 0.1) is 13.0 Å². The number of ether oxygens (including phenoxy) is 1. The van der Waals surface area contributed by atoms with Crippen LogP contribution in [0.25, 0.3) is 0 Å². The van der Waals surface area contributed by atoms with E-state index in [-0.39, 0.29) is 23.7 Å². The molecular formula is C11H12FNO2. The third-order valence-electron chi connectivity index (χ3n) is 2.67. The number of rotatable bonds is 2. The lowest BCUT2D eigenvalue weighted by atomic mass is 9.86. The van der Waals surface area contributed by atoms with Gasteiger partial charge in [-0.15, -0.1) is 0 Å². The van der Waals surface area contributed by atoms with E-state index in [9.17, 15) is 9.18 Å². The van der Waals surface area contributed by atoms with Gasteiger partial charge in [0.15, 0.2) is 0 Å². The standard InChI is InChI=1S/C11H12FNO2/c1-15-11(14)9-6-13-10(9)7-3-2-4-8(12)5-7/h2-5,9-10,13H,6H2,1H3. The molecule has 1 aromatic carbocycles. The summed E-state index contributed by atoms with van der Waals surface area (Å²) in [6, 6.07) is 6.14. The number of hydrogen-bond donors (Lipinski definition) is 1. The Morgan fingerprint density at radius 1 is 1.60 bits per heavy atom. The lowest BCUT2D eigenvalue weighted by molar-refractivity contribution is -0.149. The molecule has 2 unspecified atom stereocenters. The summed E-state index contributed by atoms with van der Waals surface area (Å²) in [5.41, 5.74) is 0.789. The average Bonchev–Trinajstić information content (AvgIpc) is 2.16. The molecule has 0 spiro atoms. The quantitative estimate of drug-likeness (QED) is 0.745. The number of hydrogen-bond acceptors (Lipinski definition) is 3. The molecular weight excluding hydrogens is 197 g/mol. The fourth-order valence-corrected chi connectivity index (χ4v) is 1.77. The normalized spacial score (nSPS) is 24.4. The van der Waals surface area contributed by atoms with Gasteiger partial charge in [-0.3, -0.25) is 4.79 Å². The zero-order valence-electron chi connectivity index (χ0n) is 8.37. The summed E-state index contributed by atoms with van der Waals surface area (Å²) in [6.07, 6.45) is 0. The van der Waals surface area contributed by atoms with E-state index in [4.69, 9.17) is 0 Å². The van der Waals surface area contributed by atoms with Gasteiger partial charge in [-0.2, -0.15) is 0 Å². The number of carbonyl (C=O) groups is 1. The molecule has 2 atom stereocenters. The van der Waals surface area contributed by atoms with Crippen molar-refractivity contribution in [1.29, 1.82) is 0 Å². The molecule has 4 heteroatoms. The topological polar surface area (TPSA) is 38.3 Å². The Bertz CT molecular complexity index is 381. The van der Waals surface area contributed by atoms with Crippen LogP contribution in [0, 0.1) is 11.7 Å². The molecule has 1 N–H and O–H groups in total. The maximum Gasteiger partial charge on any atom is 0.311 e. The smallest absolute Gasteiger partial charge is 0.311 e. The maximum atomic E-state index is 13.0. The zero-order chi connectivity index (χ0) is 10.8. The van der Waals surface area contributed by atoms with Gasteiger partial charge in [0.1, 0.15) is 5.82 Å². The second kappa shape index (κ2) is 3.98. The van der Waals surface area contributed by atoms with Crippen LogP contribution in [0.1, 0.15) is 11.6 Å². The van der Waals surface area contributed by atoms with Crippen molar-refractivity contribution in [3.8, 4) is 0 Å². The highest BCUT2D eigenvalue weighted by Crippen LogP contribution is 2.30. The van der Waals surface area contributed by atoms with Crippen molar-refractivity contribution in [2.24, 2.45) is 5.92 Å². The van der Waals surface area contributed by atoms with E-state index in [1.165, 1.54) is 19.2 Å². The van der Waals surface area contributed by atoms with Gasteiger partial charge in [-0.05, 0) is 17.7 Å². The molecule has 0 bridgehead atoms. The van der Waals surface area contributed by atoms with E-state index < -0.39 is 0 Å². The van der Waals surface area contributed by atoms with Crippen molar-refractivity contribution in [3.05, 3.63) is 35.6 Å². The van der Waals surface area contributed by atoms with Gasteiger partial charge in [0, 0.05) is 12.6 Å². The lowest BCUT2D eigenvalue weighted by Gasteiger charge is -2.36. The average molecular weight is 209 g/mol. The first-order chi connectivity index (χ1) is 7.22. The van der Waals surface area contributed by atoms with Gasteiger partial charge < -0.3 is 10.1 Å². The van der Waals surface area contributed by atoms with Crippen LogP contribution in [0.3, 0.4) is 0 Å². The van der Waals surface area contributed by atoms with Crippen molar-refractivity contribution in [2.75, 3.05) is 13.7 Å². The van der Waals surface area contributed by atoms with E-state index in [0.717, 1.165) is 5.56 Å². The van der Waals surface area contributed by atoms with Crippen LogP contribution in [-0.4, -0.2) is 19.6 Å². The highest BCUT2D eigenvalue weighted by Gasteiger charge is 2.38. The Morgan fingerprint density at radius 2 is 2.40 bits per heavy atom. The summed E-state index contributed by atoms with van der Waals surface area (Å²) in [5, 5.41) is 3.09. The Hall–Kier alpha value is -1.42. The Labute approximate surface area is 87.2 Å². The number of esters is 1. The Balaban J connectivity index is 2.15. The molecule has 1 saturated heterocycles. The van der Waals surface area contributed by atoms with Crippen molar-refractivity contribution >= 4 is 5.97 Å². The third-order valence-corrected chi connectivity index (χ3v) is 2.67. The van der Waals surface area contributed by atoms with Crippen LogP contribution < -0.4 is 5.32 Å². The summed E-state index contributed by atoms with van der Waals surface area (Å²) < 4.78 is 17.6. The largest absolute Gasteiger partial charge is 0.469 e. The maximum absolute atomic E-state index is 13.0. The van der Waals surface area contributed by atoms with Crippen LogP contribution in [0.4, 0.5) is 4.39 Å². The van der Waals surface area contributed by atoms with Crippen LogP contribution in [0.15, 0.2) is 24.3 Å². The van der Waals surface area contributed by atoms with Gasteiger partial charge >= 0.3 is 5.97 Å². The minimum Gasteiger partial charge on any atom is -0.469 e. The first kappa shape index (κ1) is 10.1. The predicted octanol–water partition coefficient (Wildman–Crippen LogP) is 1.26. The van der Waals surface area contributed by atoms with E-state index in [0.29, 0.717) is 6.54 Å². The van der Waals surface area contributed by atoms with E-state index >= 15 is 0 Å². The minimum absolute atomic E-state index is 0.117. The van der Waals surface area contributed by atoms with Crippen LogP contribution in [0.2, 0.25) is 0 Å². The van der Waals surface area contributed by atoms with Gasteiger partial charge in [0.2, 0.25) is 0 Å². The molecule has 0 aliphatic carbocycles. The number of nitrogens with one attached hydrogen (secondary N) is 1. The second-order valence-electron chi connectivity index (χ2n) is 3.57. The predicted molar refractivity (Wildman–Crippen MR) is 52.6 cm³/mol. The fraction of sp³-hybridized carbons (Fsp3) is 0.364. The zero-order valence-corrected chi connectivity index (χ0v) is 8.37. The number of methoxy groups -OCH3 is 1. The molecule has 2 rings (SSSR count). The summed E-state index contributed by atoms with van der Waals surface area (Å²) in [6.45, 7) is 0.591. The first-order valence-corrected chi connectivity index (χ1v) is 4.79. The highest BCUT2D eigenvalue weighted by atomic mass is 19.1. The minimum atomic E-state index is -0.287. The molecule has 15 heavy (non-hydrogen) atoms. The second-order valence-corrected chi connectivity index (χ2v) is 3.57. The van der Waals surface area contributed by atoms with E-state index in [2.05, 4.69) is 10.1 Å². The molecule has 80 valence electrons. The van der Waals surface area contributed by atoms with Crippen molar-refractivity contribution in [3.63, 3.8) is 0 Å². The molecule has 1 heterocycles. The number of benzene rings is 1. The molecule has 3 nitrogen and oxygen atoms in total. The molecule has 1 fully saturated rings. The molecule has 1 aliphatic heterocycles. The Morgan fingerprint density at radius 3 is 2.93 bits per heavy atom. The molecule has 1 aromatic rings. The fourth-order valence-electron chi connectivity index (χ4n) is 1.77. The summed E-state index contributed by atoms with van der Waals surface area (Å²) in [5.74, 6) is -0.732. The lowest BCUT2D eigenvalue weighted by Crippen LogP contribution is -2.50. The van der Waals surface area contributed by atoms with E-state index in [1.807, 2.05) is 0 Å². The summed E-state index contributed by atoms with van der Waals surface area (Å²) >= 11 is 0. The van der Waals surface area contributed by atoms with Crippen molar-refractivity contribution < 1.29 is 13.9 Å². The number of halogens is 1. The summed E-state index contributed by atoms with van der Waals surface area (Å²) in [4.78, 5) is 11.3. The van der Waals surface area contributed by atoms with Crippen molar-refractivity contribution in [2.45, 2.75) is 6.04 Å². The van der Waals surface area contributed by atoms with E-state index in [1.54, 1.807) is 12.1 Å². The van der Waals surface area contributed by atoms with Crippen LogP contribution in [-0.2, 0) is 9.53 Å². The van der Waals surface area contributed by atoms with Gasteiger partial charge in [-0.25, -0.2) is 4.39 Å². The SMILES string of the molecule is COC(=O)C1CNC1c1cccc(F)c1. The molecule has 0 saturated carbocycles. The molecule has 0 radical (unpaired) electrons. The molecule has 1 aliphatic rings. The third kappa shape index (κ3) is 1.85. The Kier molecular flexibility index (Phi) is 2.68. The molecule has 0 aromatic heterocycles. The van der Waals surface area contributed by atoms with Crippen LogP contribution in [0.5, 0.6) is 0 Å². The van der Waals surface area contributed by atoms with Crippen molar-refractivity contribution in [1.82, 2.24) is 5.32 Å². The van der Waals surface area contributed by atoms with Gasteiger partial charge in [-0.1, -0.05) is 12.1 Å². The first-order valence-electron chi connectivity index (χ1n) is 4.79. The van der Waals surface area contributed by atoms with Gasteiger partial charge in [0.25, 0.3) is 0 Å².